The molecule has 1 aliphatic carbocycles. The molecule has 1 aliphatic rings. The van der Waals surface area contributed by atoms with Gasteiger partial charge in [0.15, 0.2) is 12.2 Å². The third kappa shape index (κ3) is 10.3. The summed E-state index contributed by atoms with van der Waals surface area (Å²) >= 11 is 0. The number of hydrogen-bond donors (Lipinski definition) is 3. The van der Waals surface area contributed by atoms with E-state index in [1.165, 1.54) is 51.4 Å². The van der Waals surface area contributed by atoms with E-state index in [4.69, 9.17) is 5.73 Å². The molecule has 0 saturated heterocycles. The van der Waals surface area contributed by atoms with Crippen molar-refractivity contribution in [3.8, 4) is 0 Å². The van der Waals surface area contributed by atoms with E-state index in [2.05, 4.69) is 41.4 Å². The molecule has 0 bridgehead atoms. The zero-order valence-corrected chi connectivity index (χ0v) is 15.4. The number of nitrogens with zero attached hydrogens (tertiary/aromatic N) is 2. The summed E-state index contributed by atoms with van der Waals surface area (Å²) in [6.07, 6.45) is 13.1. The first kappa shape index (κ1) is 19.9. The van der Waals surface area contributed by atoms with Gasteiger partial charge < -0.3 is 11.1 Å². The average molecular weight is 324 g/mol. The fourth-order valence-electron chi connectivity index (χ4n) is 2.80. The molecule has 0 amide bonds. The van der Waals surface area contributed by atoms with Crippen molar-refractivity contribution in [2.45, 2.75) is 90.9 Å². The molecule has 0 spiro atoms. The maximum Gasteiger partial charge on any atom is 0.191 e. The summed E-state index contributed by atoms with van der Waals surface area (Å²) in [7, 11) is 0. The second-order valence-corrected chi connectivity index (χ2v) is 6.92. The normalized spacial score (nSPS) is 18.7. The van der Waals surface area contributed by atoms with Gasteiger partial charge in [0.05, 0.1) is 0 Å². The number of nitrogens with one attached hydrogen (secondary N) is 2. The molecule has 23 heavy (non-hydrogen) atoms. The third-order valence-electron chi connectivity index (χ3n) is 4.11. The first-order valence-corrected chi connectivity index (χ1v) is 9.47. The van der Waals surface area contributed by atoms with Crippen molar-refractivity contribution in [2.24, 2.45) is 21.6 Å². The second kappa shape index (κ2) is 12.3. The van der Waals surface area contributed by atoms with E-state index < -0.39 is 0 Å². The minimum absolute atomic E-state index is 0.167. The van der Waals surface area contributed by atoms with Gasteiger partial charge >= 0.3 is 0 Å². The Morgan fingerprint density at radius 2 is 1.91 bits per heavy atom. The van der Waals surface area contributed by atoms with Crippen LogP contribution in [0.2, 0.25) is 0 Å². The molecular weight excluding hydrogens is 286 g/mol. The SMILES string of the molecule is CCCCCCN=C(N)NC(N=CC(C)C)NC1CCCCC1. The molecule has 5 heteroatoms. The van der Waals surface area contributed by atoms with Crippen LogP contribution < -0.4 is 16.4 Å². The minimum Gasteiger partial charge on any atom is -0.370 e. The highest BCUT2D eigenvalue weighted by molar-refractivity contribution is 5.78. The Labute approximate surface area is 142 Å². The van der Waals surface area contributed by atoms with E-state index in [0.717, 1.165) is 13.0 Å². The zero-order chi connectivity index (χ0) is 16.9. The van der Waals surface area contributed by atoms with Crippen LogP contribution >= 0.6 is 0 Å². The van der Waals surface area contributed by atoms with Crippen molar-refractivity contribution in [1.29, 1.82) is 0 Å². The molecule has 134 valence electrons. The minimum atomic E-state index is -0.167. The molecule has 0 aromatic heterocycles. The number of nitrogens with two attached hydrogens (primary N) is 1. The van der Waals surface area contributed by atoms with Crippen LogP contribution in [0.25, 0.3) is 0 Å². The van der Waals surface area contributed by atoms with Gasteiger partial charge in [0.2, 0.25) is 0 Å². The lowest BCUT2D eigenvalue weighted by atomic mass is 9.95. The molecule has 0 aromatic carbocycles. The van der Waals surface area contributed by atoms with Crippen LogP contribution in [0.5, 0.6) is 0 Å². The molecule has 0 heterocycles. The van der Waals surface area contributed by atoms with E-state index in [0.29, 0.717) is 17.9 Å². The number of unbranched alkanes of at least 4 members (excludes halogenated alkanes) is 3. The monoisotopic (exact) mass is 323 g/mol. The van der Waals surface area contributed by atoms with E-state index in [9.17, 15) is 0 Å². The standard InChI is InChI=1S/C18H37N5/c1-4-5-6-10-13-20-17(19)23-18(21-14-15(2)3)22-16-11-8-7-9-12-16/h14-16,18,22H,4-13H2,1-3H3,(H3,19,20,23). The van der Waals surface area contributed by atoms with Crippen molar-refractivity contribution in [2.75, 3.05) is 6.54 Å². The predicted molar refractivity (Wildman–Crippen MR) is 101 cm³/mol. The Kier molecular flexibility index (Phi) is 10.7. The highest BCUT2D eigenvalue weighted by atomic mass is 15.3. The summed E-state index contributed by atoms with van der Waals surface area (Å²) in [4.78, 5) is 9.03. The van der Waals surface area contributed by atoms with Crippen molar-refractivity contribution in [3.05, 3.63) is 0 Å². The quantitative estimate of drug-likeness (QED) is 0.250. The summed E-state index contributed by atoms with van der Waals surface area (Å²) in [5.41, 5.74) is 6.03. The van der Waals surface area contributed by atoms with Gasteiger partial charge in [-0.15, -0.1) is 0 Å². The molecule has 5 nitrogen and oxygen atoms in total. The van der Waals surface area contributed by atoms with Crippen LogP contribution in [0.3, 0.4) is 0 Å². The number of guanidine groups is 1. The fraction of sp³-hybridized carbons (Fsp3) is 0.889. The van der Waals surface area contributed by atoms with Gasteiger partial charge in [0.1, 0.15) is 0 Å². The molecule has 0 aromatic rings. The summed E-state index contributed by atoms with van der Waals surface area (Å²) < 4.78 is 0. The van der Waals surface area contributed by atoms with Gasteiger partial charge in [-0.3, -0.25) is 15.3 Å². The van der Waals surface area contributed by atoms with E-state index >= 15 is 0 Å². The van der Waals surface area contributed by atoms with Gasteiger partial charge in [-0.2, -0.15) is 0 Å². The molecule has 4 N–H and O–H groups in total. The Bertz CT molecular complexity index is 345. The molecule has 1 rings (SSSR count). The fourth-order valence-corrected chi connectivity index (χ4v) is 2.80. The highest BCUT2D eigenvalue weighted by Gasteiger charge is 2.17. The first-order chi connectivity index (χ1) is 11.1. The molecule has 1 fully saturated rings. The number of hydrogen-bond acceptors (Lipinski definition) is 3. The van der Waals surface area contributed by atoms with Crippen LogP contribution in [0.4, 0.5) is 0 Å². The Morgan fingerprint density at radius 1 is 1.17 bits per heavy atom. The maximum absolute atomic E-state index is 6.03. The Morgan fingerprint density at radius 3 is 2.57 bits per heavy atom. The van der Waals surface area contributed by atoms with Gasteiger partial charge in [0, 0.05) is 18.8 Å². The molecule has 1 saturated carbocycles. The lowest BCUT2D eigenvalue weighted by molar-refractivity contribution is 0.330. The molecule has 0 radical (unpaired) electrons. The maximum atomic E-state index is 6.03. The van der Waals surface area contributed by atoms with Gasteiger partial charge in [-0.05, 0) is 25.2 Å². The average Bonchev–Trinajstić information content (AvgIpc) is 2.53. The lowest BCUT2D eigenvalue weighted by Crippen LogP contribution is -2.51. The van der Waals surface area contributed by atoms with E-state index in [-0.39, 0.29) is 6.29 Å². The predicted octanol–water partition coefficient (Wildman–Crippen LogP) is 3.40. The van der Waals surface area contributed by atoms with Crippen LogP contribution in [-0.2, 0) is 0 Å². The Balaban J connectivity index is 2.45. The molecule has 1 atom stereocenters. The molecular formula is C18H37N5. The summed E-state index contributed by atoms with van der Waals surface area (Å²) in [6.45, 7) is 7.27. The van der Waals surface area contributed by atoms with Gasteiger partial charge in [0.25, 0.3) is 0 Å². The third-order valence-corrected chi connectivity index (χ3v) is 4.11. The molecule has 0 aliphatic heterocycles. The van der Waals surface area contributed by atoms with Gasteiger partial charge in [-0.1, -0.05) is 59.3 Å². The number of aliphatic imine (C=N–C) groups is 2. The summed E-state index contributed by atoms with van der Waals surface area (Å²) in [5, 5.41) is 6.81. The largest absolute Gasteiger partial charge is 0.370 e. The summed E-state index contributed by atoms with van der Waals surface area (Å²) in [5.74, 6) is 0.926. The Hall–Kier alpha value is -1.10. The lowest BCUT2D eigenvalue weighted by Gasteiger charge is -2.27. The topological polar surface area (TPSA) is 74.8 Å². The van der Waals surface area contributed by atoms with E-state index in [1.807, 2.05) is 6.21 Å². The van der Waals surface area contributed by atoms with Crippen molar-refractivity contribution in [1.82, 2.24) is 10.6 Å². The summed E-state index contributed by atoms with van der Waals surface area (Å²) in [6, 6.07) is 0.530. The van der Waals surface area contributed by atoms with Crippen LogP contribution in [-0.4, -0.2) is 31.1 Å². The van der Waals surface area contributed by atoms with Crippen molar-refractivity contribution < 1.29 is 0 Å². The van der Waals surface area contributed by atoms with Crippen molar-refractivity contribution >= 4 is 12.2 Å². The van der Waals surface area contributed by atoms with Crippen LogP contribution in [0.1, 0.15) is 78.6 Å². The highest BCUT2D eigenvalue weighted by Crippen LogP contribution is 2.17. The van der Waals surface area contributed by atoms with Crippen LogP contribution in [0.15, 0.2) is 9.98 Å². The first-order valence-electron chi connectivity index (χ1n) is 9.47. The van der Waals surface area contributed by atoms with Gasteiger partial charge in [-0.25, -0.2) is 0 Å². The van der Waals surface area contributed by atoms with Crippen LogP contribution in [0, 0.1) is 5.92 Å². The zero-order valence-electron chi connectivity index (χ0n) is 15.4. The smallest absolute Gasteiger partial charge is 0.191 e. The van der Waals surface area contributed by atoms with E-state index in [1.54, 1.807) is 0 Å². The second-order valence-electron chi connectivity index (χ2n) is 6.92. The molecule has 1 unspecified atom stereocenters. The number of rotatable bonds is 10. The van der Waals surface area contributed by atoms with Crippen molar-refractivity contribution in [3.63, 3.8) is 0 Å².